The molecule has 94 valence electrons. The number of ether oxygens (including phenoxy) is 1. The molecule has 2 aromatic carbocycles. The van der Waals surface area contributed by atoms with Gasteiger partial charge in [-0.1, -0.05) is 0 Å². The van der Waals surface area contributed by atoms with Crippen LogP contribution in [0.15, 0.2) is 30.3 Å². The summed E-state index contributed by atoms with van der Waals surface area (Å²) in [6, 6.07) is 6.68. The first-order valence-electron chi connectivity index (χ1n) is 5.47. The van der Waals surface area contributed by atoms with Gasteiger partial charge in [0.1, 0.15) is 11.6 Å². The molecule has 18 heavy (non-hydrogen) atoms. The standard InChI is InChI=1S/C14H13F2NO/c1-8-6-14(9(2)5-12(8)17)18-13-4-3-10(15)7-11(13)16/h3-7H,17H2,1-2H3. The maximum atomic E-state index is 13.5. The monoisotopic (exact) mass is 249 g/mol. The van der Waals surface area contributed by atoms with Crippen molar-refractivity contribution in [3.8, 4) is 11.5 Å². The van der Waals surface area contributed by atoms with E-state index < -0.39 is 11.6 Å². The normalized spacial score (nSPS) is 10.4. The average Bonchev–Trinajstić information content (AvgIpc) is 2.29. The van der Waals surface area contributed by atoms with E-state index in [1.807, 2.05) is 13.8 Å². The SMILES string of the molecule is Cc1cc(Oc2ccc(F)cc2F)c(C)cc1N. The number of hydrogen-bond acceptors (Lipinski definition) is 2. The molecule has 0 spiro atoms. The summed E-state index contributed by atoms with van der Waals surface area (Å²) in [5.74, 6) is -0.871. The van der Waals surface area contributed by atoms with E-state index in [0.29, 0.717) is 11.4 Å². The molecule has 2 nitrogen and oxygen atoms in total. The maximum absolute atomic E-state index is 13.5. The van der Waals surface area contributed by atoms with Crippen LogP contribution in [-0.2, 0) is 0 Å². The van der Waals surface area contributed by atoms with Crippen LogP contribution in [0, 0.1) is 25.5 Å². The first kappa shape index (κ1) is 12.4. The minimum absolute atomic E-state index is 0.0105. The van der Waals surface area contributed by atoms with Crippen molar-refractivity contribution in [1.29, 1.82) is 0 Å². The Hall–Kier alpha value is -2.10. The Balaban J connectivity index is 2.37. The fourth-order valence-electron chi connectivity index (χ4n) is 1.60. The Labute approximate surface area is 104 Å². The van der Waals surface area contributed by atoms with Gasteiger partial charge in [0.25, 0.3) is 0 Å². The first-order chi connectivity index (χ1) is 8.47. The summed E-state index contributed by atoms with van der Waals surface area (Å²) in [5, 5.41) is 0. The lowest BCUT2D eigenvalue weighted by Gasteiger charge is -2.11. The highest BCUT2D eigenvalue weighted by molar-refractivity contribution is 5.54. The summed E-state index contributed by atoms with van der Waals surface area (Å²) in [6.07, 6.45) is 0. The average molecular weight is 249 g/mol. The molecule has 0 heterocycles. The van der Waals surface area contributed by atoms with E-state index in [1.54, 1.807) is 12.1 Å². The number of aryl methyl sites for hydroxylation is 2. The van der Waals surface area contributed by atoms with Gasteiger partial charge in [0.15, 0.2) is 11.6 Å². The number of nitrogens with two attached hydrogens (primary N) is 1. The molecule has 0 fully saturated rings. The van der Waals surface area contributed by atoms with Crippen molar-refractivity contribution in [2.45, 2.75) is 13.8 Å². The van der Waals surface area contributed by atoms with E-state index in [-0.39, 0.29) is 5.75 Å². The van der Waals surface area contributed by atoms with Crippen LogP contribution in [0.25, 0.3) is 0 Å². The number of anilines is 1. The van der Waals surface area contributed by atoms with Crippen LogP contribution in [0.2, 0.25) is 0 Å². The topological polar surface area (TPSA) is 35.2 Å². The predicted octanol–water partition coefficient (Wildman–Crippen LogP) is 3.96. The van der Waals surface area contributed by atoms with Crippen molar-refractivity contribution in [3.05, 3.63) is 53.1 Å². The summed E-state index contributed by atoms with van der Waals surface area (Å²) in [6.45, 7) is 3.65. The van der Waals surface area contributed by atoms with Crippen LogP contribution in [0.4, 0.5) is 14.5 Å². The number of halogens is 2. The van der Waals surface area contributed by atoms with E-state index in [0.717, 1.165) is 23.3 Å². The fourth-order valence-corrected chi connectivity index (χ4v) is 1.60. The second kappa shape index (κ2) is 4.64. The summed E-state index contributed by atoms with van der Waals surface area (Å²) in [4.78, 5) is 0. The van der Waals surface area contributed by atoms with Gasteiger partial charge in [0, 0.05) is 11.8 Å². The molecule has 0 aliphatic heterocycles. The van der Waals surface area contributed by atoms with Crippen LogP contribution in [-0.4, -0.2) is 0 Å². The Kier molecular flexibility index (Phi) is 3.19. The van der Waals surface area contributed by atoms with Gasteiger partial charge in [-0.25, -0.2) is 8.78 Å². The zero-order chi connectivity index (χ0) is 13.3. The molecule has 0 bridgehead atoms. The largest absolute Gasteiger partial charge is 0.454 e. The van der Waals surface area contributed by atoms with E-state index in [2.05, 4.69) is 0 Å². The molecule has 0 atom stereocenters. The number of benzene rings is 2. The zero-order valence-electron chi connectivity index (χ0n) is 10.1. The molecule has 0 aliphatic carbocycles. The highest BCUT2D eigenvalue weighted by Crippen LogP contribution is 2.30. The Morgan fingerprint density at radius 1 is 0.944 bits per heavy atom. The van der Waals surface area contributed by atoms with Crippen LogP contribution in [0.3, 0.4) is 0 Å². The van der Waals surface area contributed by atoms with Crippen molar-refractivity contribution in [2.24, 2.45) is 0 Å². The van der Waals surface area contributed by atoms with Gasteiger partial charge in [-0.3, -0.25) is 0 Å². The maximum Gasteiger partial charge on any atom is 0.168 e. The van der Waals surface area contributed by atoms with Gasteiger partial charge >= 0.3 is 0 Å². The molecule has 0 radical (unpaired) electrons. The van der Waals surface area contributed by atoms with Gasteiger partial charge in [-0.2, -0.15) is 0 Å². The summed E-state index contributed by atoms with van der Waals surface area (Å²) in [5.41, 5.74) is 8.04. The third-order valence-corrected chi connectivity index (χ3v) is 2.68. The van der Waals surface area contributed by atoms with E-state index in [9.17, 15) is 8.78 Å². The van der Waals surface area contributed by atoms with Crippen molar-refractivity contribution >= 4 is 5.69 Å². The second-order valence-electron chi connectivity index (χ2n) is 4.15. The van der Waals surface area contributed by atoms with Crippen molar-refractivity contribution in [3.63, 3.8) is 0 Å². The van der Waals surface area contributed by atoms with Crippen LogP contribution < -0.4 is 10.5 Å². The first-order valence-corrected chi connectivity index (χ1v) is 5.47. The van der Waals surface area contributed by atoms with Gasteiger partial charge in [-0.15, -0.1) is 0 Å². The van der Waals surface area contributed by atoms with Crippen LogP contribution >= 0.6 is 0 Å². The zero-order valence-corrected chi connectivity index (χ0v) is 10.1. The van der Waals surface area contributed by atoms with Gasteiger partial charge in [0.05, 0.1) is 0 Å². The molecular weight excluding hydrogens is 236 g/mol. The van der Waals surface area contributed by atoms with E-state index in [1.165, 1.54) is 6.07 Å². The van der Waals surface area contributed by atoms with Gasteiger partial charge in [0.2, 0.25) is 0 Å². The predicted molar refractivity (Wildman–Crippen MR) is 66.8 cm³/mol. The highest BCUT2D eigenvalue weighted by Gasteiger charge is 2.09. The number of nitrogen functional groups attached to an aromatic ring is 1. The molecule has 0 unspecified atom stereocenters. The third kappa shape index (κ3) is 2.42. The van der Waals surface area contributed by atoms with E-state index >= 15 is 0 Å². The lowest BCUT2D eigenvalue weighted by Crippen LogP contribution is -1.95. The number of rotatable bonds is 2. The highest BCUT2D eigenvalue weighted by atomic mass is 19.1. The minimum Gasteiger partial charge on any atom is -0.454 e. The lowest BCUT2D eigenvalue weighted by atomic mass is 10.1. The Morgan fingerprint density at radius 3 is 2.33 bits per heavy atom. The minimum atomic E-state index is -0.733. The number of hydrogen-bond donors (Lipinski definition) is 1. The molecule has 0 aromatic heterocycles. The molecule has 2 N–H and O–H groups in total. The van der Waals surface area contributed by atoms with Crippen LogP contribution in [0.5, 0.6) is 11.5 Å². The molecule has 4 heteroatoms. The van der Waals surface area contributed by atoms with Crippen molar-refractivity contribution in [1.82, 2.24) is 0 Å². The van der Waals surface area contributed by atoms with E-state index in [4.69, 9.17) is 10.5 Å². The summed E-state index contributed by atoms with van der Waals surface area (Å²) >= 11 is 0. The smallest absolute Gasteiger partial charge is 0.168 e. The third-order valence-electron chi connectivity index (χ3n) is 2.68. The Bertz CT molecular complexity index is 597. The lowest BCUT2D eigenvalue weighted by molar-refractivity contribution is 0.435. The molecule has 0 aliphatic rings. The summed E-state index contributed by atoms with van der Waals surface area (Å²) in [7, 11) is 0. The molecule has 0 saturated carbocycles. The molecule has 0 amide bonds. The Morgan fingerprint density at radius 2 is 1.67 bits per heavy atom. The quantitative estimate of drug-likeness (QED) is 0.818. The van der Waals surface area contributed by atoms with Crippen molar-refractivity contribution in [2.75, 3.05) is 5.73 Å². The molecule has 2 rings (SSSR count). The van der Waals surface area contributed by atoms with Crippen molar-refractivity contribution < 1.29 is 13.5 Å². The van der Waals surface area contributed by atoms with Gasteiger partial charge in [-0.05, 0) is 49.2 Å². The van der Waals surface area contributed by atoms with Gasteiger partial charge < -0.3 is 10.5 Å². The fraction of sp³-hybridized carbons (Fsp3) is 0.143. The molecule has 2 aromatic rings. The van der Waals surface area contributed by atoms with Crippen LogP contribution in [0.1, 0.15) is 11.1 Å². The molecule has 0 saturated heterocycles. The molecular formula is C14H13F2NO. The summed E-state index contributed by atoms with van der Waals surface area (Å²) < 4.78 is 31.7. The second-order valence-corrected chi connectivity index (χ2v) is 4.15.